The molecule has 0 amide bonds. The molecule has 0 radical (unpaired) electrons. The molecule has 0 bridgehead atoms. The fraction of sp³-hybridized carbons (Fsp3) is 0.875. The highest BCUT2D eigenvalue weighted by molar-refractivity contribution is 7.55. The molecule has 15 heavy (non-hydrogen) atoms. The highest BCUT2D eigenvalue weighted by atomic mass is 31.2. The van der Waals surface area contributed by atoms with Gasteiger partial charge in [-0.3, -0.25) is 4.57 Å². The first-order valence-electron chi connectivity index (χ1n) is 4.71. The van der Waals surface area contributed by atoms with Gasteiger partial charge >= 0.3 is 13.6 Å². The Bertz CT molecular complexity index is 235. The second kappa shape index (κ2) is 6.93. The summed E-state index contributed by atoms with van der Waals surface area (Å²) in [5.41, 5.74) is 0. The van der Waals surface area contributed by atoms with Crippen molar-refractivity contribution >= 4 is 13.6 Å². The Morgan fingerprint density at radius 2 is 1.67 bits per heavy atom. The van der Waals surface area contributed by atoms with E-state index < -0.39 is 19.5 Å². The quantitative estimate of drug-likeness (QED) is 0.505. The van der Waals surface area contributed by atoms with Gasteiger partial charge in [0.1, 0.15) is 0 Å². The van der Waals surface area contributed by atoms with Crippen LogP contribution in [0, 0.1) is 0 Å². The number of ether oxygens (including phenoxy) is 1. The van der Waals surface area contributed by atoms with Gasteiger partial charge in [0.2, 0.25) is 0 Å². The third-order valence-corrected chi connectivity index (χ3v) is 3.38. The number of esters is 1. The Kier molecular flexibility index (Phi) is 6.72. The summed E-state index contributed by atoms with van der Waals surface area (Å²) in [4.78, 5) is 11.0. The maximum absolute atomic E-state index is 13.4. The number of alkyl halides is 1. The zero-order valence-corrected chi connectivity index (χ0v) is 9.96. The van der Waals surface area contributed by atoms with E-state index in [1.165, 1.54) is 20.8 Å². The average molecular weight is 242 g/mol. The first kappa shape index (κ1) is 14.6. The number of carbonyl (C=O) groups is 1. The summed E-state index contributed by atoms with van der Waals surface area (Å²) in [6.07, 6.45) is 0. The highest BCUT2D eigenvalue weighted by Crippen LogP contribution is 2.53. The van der Waals surface area contributed by atoms with Gasteiger partial charge in [0.05, 0.1) is 19.8 Å². The van der Waals surface area contributed by atoms with E-state index in [0.717, 1.165) is 0 Å². The first-order chi connectivity index (χ1) is 7.01. The van der Waals surface area contributed by atoms with Crippen LogP contribution in [-0.4, -0.2) is 31.7 Å². The fourth-order valence-corrected chi connectivity index (χ4v) is 2.26. The lowest BCUT2D eigenvalue weighted by Crippen LogP contribution is -2.21. The van der Waals surface area contributed by atoms with E-state index >= 15 is 0 Å². The minimum absolute atomic E-state index is 0.00287. The van der Waals surface area contributed by atoms with Crippen LogP contribution in [0.15, 0.2) is 0 Å². The van der Waals surface area contributed by atoms with Crippen LogP contribution in [0.2, 0.25) is 0 Å². The molecule has 0 heterocycles. The zero-order valence-electron chi connectivity index (χ0n) is 9.07. The molecule has 5 nitrogen and oxygen atoms in total. The summed E-state index contributed by atoms with van der Waals surface area (Å²) in [5, 5.41) is 0. The smallest absolute Gasteiger partial charge is 0.376 e. The number of hydrogen-bond acceptors (Lipinski definition) is 5. The molecule has 0 rings (SSSR count). The van der Waals surface area contributed by atoms with Gasteiger partial charge in [0, 0.05) is 0 Å². The van der Waals surface area contributed by atoms with E-state index in [4.69, 9.17) is 0 Å². The molecule has 7 heteroatoms. The topological polar surface area (TPSA) is 61.8 Å². The van der Waals surface area contributed by atoms with Crippen LogP contribution in [0.5, 0.6) is 0 Å². The molecule has 0 saturated heterocycles. The Balaban J connectivity index is 4.60. The van der Waals surface area contributed by atoms with Crippen molar-refractivity contribution in [3.63, 3.8) is 0 Å². The summed E-state index contributed by atoms with van der Waals surface area (Å²) < 4.78 is 38.8. The van der Waals surface area contributed by atoms with Gasteiger partial charge < -0.3 is 13.8 Å². The van der Waals surface area contributed by atoms with Crippen molar-refractivity contribution in [2.75, 3.05) is 19.8 Å². The maximum Gasteiger partial charge on any atom is 0.376 e. The lowest BCUT2D eigenvalue weighted by Gasteiger charge is -2.19. The summed E-state index contributed by atoms with van der Waals surface area (Å²) >= 11 is 0. The Morgan fingerprint density at radius 3 is 2.00 bits per heavy atom. The maximum atomic E-state index is 13.4. The van der Waals surface area contributed by atoms with E-state index in [1.807, 2.05) is 0 Å². The van der Waals surface area contributed by atoms with E-state index in [2.05, 4.69) is 13.8 Å². The largest absolute Gasteiger partial charge is 0.463 e. The zero-order chi connectivity index (χ0) is 11.9. The minimum atomic E-state index is -4.04. The lowest BCUT2D eigenvalue weighted by atomic mass is 10.7. The number of halogens is 1. The standard InChI is InChI=1S/C8H16FO5P/c1-4-12-8(10)7(9)15(11,13-5-2)14-6-3/h7H,4-6H2,1-3H3/t7-/m1/s1. The van der Waals surface area contributed by atoms with Gasteiger partial charge in [0.25, 0.3) is 5.91 Å². The fourth-order valence-electron chi connectivity index (χ4n) is 0.868. The molecule has 0 fully saturated rings. The van der Waals surface area contributed by atoms with Crippen LogP contribution in [-0.2, 0) is 23.1 Å². The van der Waals surface area contributed by atoms with Crippen molar-refractivity contribution < 1.29 is 27.5 Å². The van der Waals surface area contributed by atoms with Crippen molar-refractivity contribution in [2.24, 2.45) is 0 Å². The molecular formula is C8H16FO5P. The van der Waals surface area contributed by atoms with Gasteiger partial charge in [-0.2, -0.15) is 0 Å². The second-order valence-electron chi connectivity index (χ2n) is 2.46. The molecule has 0 aromatic heterocycles. The van der Waals surface area contributed by atoms with E-state index in [-0.39, 0.29) is 19.8 Å². The molecule has 0 N–H and O–H groups in total. The first-order valence-corrected chi connectivity index (χ1v) is 6.32. The Hall–Kier alpha value is -0.450. The van der Waals surface area contributed by atoms with Gasteiger partial charge in [-0.25, -0.2) is 9.18 Å². The summed E-state index contributed by atoms with van der Waals surface area (Å²) in [5.74, 6) is -3.60. The van der Waals surface area contributed by atoms with Crippen LogP contribution in [0.3, 0.4) is 0 Å². The van der Waals surface area contributed by atoms with E-state index in [0.29, 0.717) is 0 Å². The molecule has 0 unspecified atom stereocenters. The van der Waals surface area contributed by atoms with Gasteiger partial charge in [0.15, 0.2) is 0 Å². The average Bonchev–Trinajstić information content (AvgIpc) is 2.17. The number of carbonyl (C=O) groups excluding carboxylic acids is 1. The summed E-state index contributed by atoms with van der Waals surface area (Å²) in [6, 6.07) is 0. The summed E-state index contributed by atoms with van der Waals surface area (Å²) in [7, 11) is -4.04. The molecule has 0 saturated carbocycles. The van der Waals surface area contributed by atoms with Crippen molar-refractivity contribution in [3.8, 4) is 0 Å². The van der Waals surface area contributed by atoms with Crippen LogP contribution in [0.4, 0.5) is 4.39 Å². The van der Waals surface area contributed by atoms with E-state index in [9.17, 15) is 13.8 Å². The Morgan fingerprint density at radius 1 is 1.20 bits per heavy atom. The van der Waals surface area contributed by atoms with Crippen molar-refractivity contribution in [1.82, 2.24) is 0 Å². The Labute approximate surface area is 88.4 Å². The van der Waals surface area contributed by atoms with Crippen molar-refractivity contribution in [2.45, 2.75) is 26.7 Å². The lowest BCUT2D eigenvalue weighted by molar-refractivity contribution is -0.146. The van der Waals surface area contributed by atoms with Crippen LogP contribution in [0.25, 0.3) is 0 Å². The molecule has 0 aromatic rings. The molecule has 0 aliphatic carbocycles. The molecule has 0 aliphatic rings. The highest BCUT2D eigenvalue weighted by Gasteiger charge is 2.42. The molecule has 90 valence electrons. The van der Waals surface area contributed by atoms with Crippen molar-refractivity contribution in [3.05, 3.63) is 0 Å². The molecule has 0 aromatic carbocycles. The molecule has 1 atom stereocenters. The third-order valence-electron chi connectivity index (χ3n) is 1.38. The number of rotatable bonds is 7. The van der Waals surface area contributed by atoms with Gasteiger partial charge in [-0.1, -0.05) is 0 Å². The normalized spacial score (nSPS) is 13.6. The molecular weight excluding hydrogens is 226 g/mol. The second-order valence-corrected chi connectivity index (χ2v) is 4.51. The SMILES string of the molecule is CCOC(=O)[C@H](F)P(=O)(OCC)OCC. The van der Waals surface area contributed by atoms with Crippen LogP contribution >= 0.6 is 7.60 Å². The van der Waals surface area contributed by atoms with Crippen LogP contribution in [0.1, 0.15) is 20.8 Å². The summed E-state index contributed by atoms with van der Waals surface area (Å²) in [6.45, 7) is 4.59. The molecule has 0 aliphatic heterocycles. The van der Waals surface area contributed by atoms with E-state index in [1.54, 1.807) is 0 Å². The predicted molar refractivity (Wildman–Crippen MR) is 52.4 cm³/mol. The predicted octanol–water partition coefficient (Wildman–Crippen LogP) is 2.11. The minimum Gasteiger partial charge on any atom is -0.463 e. The number of hydrogen-bond donors (Lipinski definition) is 0. The van der Waals surface area contributed by atoms with Gasteiger partial charge in [-0.05, 0) is 20.8 Å². The third kappa shape index (κ3) is 4.28. The van der Waals surface area contributed by atoms with Crippen molar-refractivity contribution in [1.29, 1.82) is 0 Å². The van der Waals surface area contributed by atoms with Crippen LogP contribution < -0.4 is 0 Å². The molecule has 0 spiro atoms. The monoisotopic (exact) mass is 242 g/mol. The van der Waals surface area contributed by atoms with Gasteiger partial charge in [-0.15, -0.1) is 0 Å².